The van der Waals surface area contributed by atoms with Crippen LogP contribution in [0.15, 0.2) is 18.2 Å². The highest BCUT2D eigenvalue weighted by atomic mass is 35.5. The first-order valence-corrected chi connectivity index (χ1v) is 7.06. The van der Waals surface area contributed by atoms with Crippen molar-refractivity contribution in [3.8, 4) is 0 Å². The van der Waals surface area contributed by atoms with Crippen molar-refractivity contribution in [1.29, 1.82) is 0 Å². The average molecular weight is 258 g/mol. The van der Waals surface area contributed by atoms with E-state index in [9.17, 15) is 0 Å². The molecule has 0 unspecified atom stereocenters. The minimum Gasteiger partial charge on any atom is -0.311 e. The second-order valence-corrected chi connectivity index (χ2v) is 6.57. The first-order chi connectivity index (χ1) is 7.44. The standard InChI is InChI=1S/C13H20ClNS/c1-10-7-11(5-6-12(10)14)8-15-9-13(2,3)16-4/h5-7,15H,8-9H2,1-4H3. The fourth-order valence-corrected chi connectivity index (χ4v) is 1.76. The maximum atomic E-state index is 5.99. The van der Waals surface area contributed by atoms with E-state index in [2.05, 4.69) is 37.6 Å². The molecule has 0 aliphatic carbocycles. The first-order valence-electron chi connectivity index (χ1n) is 5.45. The Morgan fingerprint density at radius 1 is 1.38 bits per heavy atom. The van der Waals surface area contributed by atoms with Crippen molar-refractivity contribution in [3.05, 3.63) is 34.3 Å². The van der Waals surface area contributed by atoms with Gasteiger partial charge >= 0.3 is 0 Å². The molecule has 1 rings (SSSR count). The van der Waals surface area contributed by atoms with Crippen molar-refractivity contribution in [3.63, 3.8) is 0 Å². The first kappa shape index (κ1) is 13.9. The summed E-state index contributed by atoms with van der Waals surface area (Å²) in [5, 5.41) is 4.32. The van der Waals surface area contributed by atoms with Gasteiger partial charge in [0.15, 0.2) is 0 Å². The smallest absolute Gasteiger partial charge is 0.0435 e. The lowest BCUT2D eigenvalue weighted by Crippen LogP contribution is -2.31. The number of rotatable bonds is 5. The lowest BCUT2D eigenvalue weighted by Gasteiger charge is -2.22. The number of benzene rings is 1. The number of hydrogen-bond acceptors (Lipinski definition) is 2. The summed E-state index contributed by atoms with van der Waals surface area (Å²) in [4.78, 5) is 0. The van der Waals surface area contributed by atoms with Crippen LogP contribution in [0.3, 0.4) is 0 Å². The lowest BCUT2D eigenvalue weighted by atomic mass is 10.1. The molecule has 0 aliphatic heterocycles. The third kappa shape index (κ3) is 4.36. The Kier molecular flexibility index (Phi) is 5.16. The summed E-state index contributed by atoms with van der Waals surface area (Å²) in [5.74, 6) is 0. The predicted molar refractivity (Wildman–Crippen MR) is 75.5 cm³/mol. The lowest BCUT2D eigenvalue weighted by molar-refractivity contribution is 0.591. The van der Waals surface area contributed by atoms with Gasteiger partial charge in [-0.15, -0.1) is 0 Å². The van der Waals surface area contributed by atoms with E-state index in [1.165, 1.54) is 5.56 Å². The second-order valence-electron chi connectivity index (χ2n) is 4.65. The topological polar surface area (TPSA) is 12.0 Å². The minimum absolute atomic E-state index is 0.293. The molecule has 1 nitrogen and oxygen atoms in total. The normalized spacial score (nSPS) is 11.8. The van der Waals surface area contributed by atoms with Crippen LogP contribution < -0.4 is 5.32 Å². The van der Waals surface area contributed by atoms with E-state index >= 15 is 0 Å². The van der Waals surface area contributed by atoms with Crippen LogP contribution in [-0.2, 0) is 6.54 Å². The van der Waals surface area contributed by atoms with Crippen molar-refractivity contribution in [1.82, 2.24) is 5.32 Å². The monoisotopic (exact) mass is 257 g/mol. The van der Waals surface area contributed by atoms with Crippen molar-refractivity contribution in [2.24, 2.45) is 0 Å². The molecule has 1 aromatic rings. The second kappa shape index (κ2) is 5.95. The summed E-state index contributed by atoms with van der Waals surface area (Å²) in [6.07, 6.45) is 2.15. The van der Waals surface area contributed by atoms with E-state index < -0.39 is 0 Å². The third-order valence-electron chi connectivity index (χ3n) is 2.65. The summed E-state index contributed by atoms with van der Waals surface area (Å²) in [5.41, 5.74) is 2.43. The molecular formula is C13H20ClNS. The van der Waals surface area contributed by atoms with Crippen LogP contribution in [0.1, 0.15) is 25.0 Å². The molecule has 0 saturated carbocycles. The van der Waals surface area contributed by atoms with Gasteiger partial charge < -0.3 is 5.32 Å². The molecule has 0 bridgehead atoms. The van der Waals surface area contributed by atoms with E-state index in [0.717, 1.165) is 23.7 Å². The van der Waals surface area contributed by atoms with Crippen molar-refractivity contribution in [2.75, 3.05) is 12.8 Å². The summed E-state index contributed by atoms with van der Waals surface area (Å²) in [6.45, 7) is 8.45. The van der Waals surface area contributed by atoms with E-state index in [4.69, 9.17) is 11.6 Å². The predicted octanol–water partition coefficient (Wildman–Crippen LogP) is 3.88. The van der Waals surface area contributed by atoms with Gasteiger partial charge in [0.2, 0.25) is 0 Å². The van der Waals surface area contributed by atoms with Gasteiger partial charge in [0.05, 0.1) is 0 Å². The molecular weight excluding hydrogens is 238 g/mol. The van der Waals surface area contributed by atoms with E-state index in [1.54, 1.807) is 0 Å². The van der Waals surface area contributed by atoms with Crippen LogP contribution in [0.25, 0.3) is 0 Å². The number of halogens is 1. The van der Waals surface area contributed by atoms with Crippen molar-refractivity contribution >= 4 is 23.4 Å². The Morgan fingerprint density at radius 2 is 2.06 bits per heavy atom. The van der Waals surface area contributed by atoms with Crippen LogP contribution >= 0.6 is 23.4 Å². The number of aryl methyl sites for hydroxylation is 1. The maximum Gasteiger partial charge on any atom is 0.0435 e. The molecule has 90 valence electrons. The van der Waals surface area contributed by atoms with Crippen LogP contribution in [0, 0.1) is 6.92 Å². The van der Waals surface area contributed by atoms with Crippen LogP contribution in [0.5, 0.6) is 0 Å². The highest BCUT2D eigenvalue weighted by Gasteiger charge is 2.14. The van der Waals surface area contributed by atoms with Crippen molar-refractivity contribution < 1.29 is 0 Å². The Hall–Kier alpha value is -0.180. The van der Waals surface area contributed by atoms with Gasteiger partial charge in [-0.05, 0) is 44.2 Å². The van der Waals surface area contributed by atoms with Gasteiger partial charge in [-0.2, -0.15) is 11.8 Å². The van der Waals surface area contributed by atoms with Gasteiger partial charge in [0.25, 0.3) is 0 Å². The largest absolute Gasteiger partial charge is 0.311 e. The zero-order valence-electron chi connectivity index (χ0n) is 10.4. The summed E-state index contributed by atoms with van der Waals surface area (Å²) in [6, 6.07) is 6.18. The number of nitrogens with one attached hydrogen (secondary N) is 1. The van der Waals surface area contributed by atoms with Crippen LogP contribution in [0.2, 0.25) is 5.02 Å². The summed E-state index contributed by atoms with van der Waals surface area (Å²) in [7, 11) is 0. The summed E-state index contributed by atoms with van der Waals surface area (Å²) >= 11 is 7.87. The van der Waals surface area contributed by atoms with Crippen LogP contribution in [-0.4, -0.2) is 17.5 Å². The zero-order valence-corrected chi connectivity index (χ0v) is 12.0. The van der Waals surface area contributed by atoms with Crippen molar-refractivity contribution in [2.45, 2.75) is 32.1 Å². The van der Waals surface area contributed by atoms with Gasteiger partial charge in [-0.25, -0.2) is 0 Å². The highest BCUT2D eigenvalue weighted by molar-refractivity contribution is 7.99. The Balaban J connectivity index is 2.46. The molecule has 0 atom stereocenters. The Bertz CT molecular complexity index is 350. The molecule has 0 fully saturated rings. The molecule has 16 heavy (non-hydrogen) atoms. The Labute approximate surface area is 108 Å². The molecule has 0 heterocycles. The Morgan fingerprint density at radius 3 is 2.62 bits per heavy atom. The fourth-order valence-electron chi connectivity index (χ4n) is 1.40. The van der Waals surface area contributed by atoms with E-state index in [-0.39, 0.29) is 0 Å². The van der Waals surface area contributed by atoms with Crippen LogP contribution in [0.4, 0.5) is 0 Å². The molecule has 3 heteroatoms. The van der Waals surface area contributed by atoms with Gasteiger partial charge in [-0.3, -0.25) is 0 Å². The number of thioether (sulfide) groups is 1. The summed E-state index contributed by atoms with van der Waals surface area (Å²) < 4.78 is 0.293. The average Bonchev–Trinajstić information content (AvgIpc) is 2.23. The SMILES string of the molecule is CSC(C)(C)CNCc1ccc(Cl)c(C)c1. The maximum absolute atomic E-state index is 5.99. The zero-order chi connectivity index (χ0) is 12.2. The molecule has 1 aromatic carbocycles. The van der Waals surface area contributed by atoms with Gasteiger partial charge in [-0.1, -0.05) is 23.7 Å². The van der Waals surface area contributed by atoms with Gasteiger partial charge in [0, 0.05) is 22.9 Å². The van der Waals surface area contributed by atoms with E-state index in [1.807, 2.05) is 24.8 Å². The fraction of sp³-hybridized carbons (Fsp3) is 0.538. The molecule has 0 aromatic heterocycles. The minimum atomic E-state index is 0.293. The molecule has 0 saturated heterocycles. The quantitative estimate of drug-likeness (QED) is 0.859. The molecule has 1 N–H and O–H groups in total. The molecule has 0 radical (unpaired) electrons. The third-order valence-corrected chi connectivity index (χ3v) is 4.33. The van der Waals surface area contributed by atoms with Gasteiger partial charge in [0.1, 0.15) is 0 Å². The number of hydrogen-bond donors (Lipinski definition) is 1. The molecule has 0 spiro atoms. The highest BCUT2D eigenvalue weighted by Crippen LogP contribution is 2.20. The van der Waals surface area contributed by atoms with E-state index in [0.29, 0.717) is 4.75 Å². The molecule has 0 aliphatic rings. The molecule has 0 amide bonds.